The van der Waals surface area contributed by atoms with Crippen LogP contribution in [0.25, 0.3) is 0 Å². The van der Waals surface area contributed by atoms with Crippen LogP contribution in [-0.2, 0) is 15.0 Å². The Bertz CT molecular complexity index is 811. The fourth-order valence-corrected chi connectivity index (χ4v) is 4.71. The molecule has 0 atom stereocenters. The highest BCUT2D eigenvalue weighted by molar-refractivity contribution is 5.98. The third kappa shape index (κ3) is 12.8. The van der Waals surface area contributed by atoms with Crippen molar-refractivity contribution in [3.63, 3.8) is 0 Å². The lowest BCUT2D eigenvalue weighted by molar-refractivity contribution is -0.117. The van der Waals surface area contributed by atoms with Gasteiger partial charge in [0.25, 0.3) is 0 Å². The SMILES string of the molecule is CCCCCCCCCC(=O)Nc1cc(C(C)(C)C)c(OC)c(NC(=O)CCCCCCCCC)c1C. The molecule has 1 aromatic carbocycles. The lowest BCUT2D eigenvalue weighted by Crippen LogP contribution is -2.20. The van der Waals surface area contributed by atoms with Crippen LogP contribution < -0.4 is 15.4 Å². The number of nitrogens with one attached hydrogen (secondary N) is 2. The summed E-state index contributed by atoms with van der Waals surface area (Å²) in [6, 6.07) is 2.02. The van der Waals surface area contributed by atoms with Gasteiger partial charge in [0.2, 0.25) is 11.8 Å². The molecule has 1 aromatic rings. The highest BCUT2D eigenvalue weighted by Crippen LogP contribution is 2.43. The summed E-state index contributed by atoms with van der Waals surface area (Å²) in [5.74, 6) is 0.714. The van der Waals surface area contributed by atoms with E-state index in [0.29, 0.717) is 24.3 Å². The van der Waals surface area contributed by atoms with E-state index in [1.54, 1.807) is 7.11 Å². The maximum Gasteiger partial charge on any atom is 0.224 e. The van der Waals surface area contributed by atoms with E-state index in [4.69, 9.17) is 4.74 Å². The number of anilines is 2. The summed E-state index contributed by atoms with van der Waals surface area (Å²) in [6.45, 7) is 12.8. The van der Waals surface area contributed by atoms with Crippen molar-refractivity contribution in [2.75, 3.05) is 17.7 Å². The minimum Gasteiger partial charge on any atom is -0.494 e. The van der Waals surface area contributed by atoms with Gasteiger partial charge in [-0.3, -0.25) is 9.59 Å². The molecule has 0 heterocycles. The molecule has 0 bridgehead atoms. The van der Waals surface area contributed by atoms with E-state index in [1.807, 2.05) is 13.0 Å². The van der Waals surface area contributed by atoms with Gasteiger partial charge < -0.3 is 15.4 Å². The van der Waals surface area contributed by atoms with Crippen LogP contribution in [0.5, 0.6) is 5.75 Å². The molecule has 0 aromatic heterocycles. The number of hydrogen-bond donors (Lipinski definition) is 2. The first kappa shape index (κ1) is 33.0. The molecule has 5 heteroatoms. The Morgan fingerprint density at radius 1 is 0.730 bits per heavy atom. The average molecular weight is 517 g/mol. The van der Waals surface area contributed by atoms with Crippen molar-refractivity contribution >= 4 is 23.2 Å². The number of carbonyl (C=O) groups excluding carboxylic acids is 2. The van der Waals surface area contributed by atoms with E-state index < -0.39 is 0 Å². The molecule has 1 rings (SSSR count). The van der Waals surface area contributed by atoms with Crippen LogP contribution in [0.4, 0.5) is 11.4 Å². The maximum absolute atomic E-state index is 12.9. The van der Waals surface area contributed by atoms with Crippen molar-refractivity contribution in [1.82, 2.24) is 0 Å². The first-order chi connectivity index (χ1) is 17.6. The molecule has 0 radical (unpaired) electrons. The molecule has 0 aliphatic heterocycles. The summed E-state index contributed by atoms with van der Waals surface area (Å²) in [6.07, 6.45) is 17.5. The van der Waals surface area contributed by atoms with Gasteiger partial charge in [0.05, 0.1) is 12.8 Å². The zero-order valence-electron chi connectivity index (χ0n) is 25.1. The quantitative estimate of drug-likeness (QED) is 0.180. The number of methoxy groups -OCH3 is 1. The topological polar surface area (TPSA) is 67.4 Å². The van der Waals surface area contributed by atoms with Crippen LogP contribution in [0, 0.1) is 6.92 Å². The summed E-state index contributed by atoms with van der Waals surface area (Å²) in [4.78, 5) is 25.7. The van der Waals surface area contributed by atoms with Crippen molar-refractivity contribution in [2.24, 2.45) is 0 Å². The number of carbonyl (C=O) groups is 2. The van der Waals surface area contributed by atoms with Gasteiger partial charge in [0.1, 0.15) is 5.75 Å². The van der Waals surface area contributed by atoms with E-state index in [-0.39, 0.29) is 17.2 Å². The second-order valence-corrected chi connectivity index (χ2v) is 11.6. The minimum absolute atomic E-state index is 0.00127. The number of amides is 2. The second-order valence-electron chi connectivity index (χ2n) is 11.6. The van der Waals surface area contributed by atoms with E-state index >= 15 is 0 Å². The van der Waals surface area contributed by atoms with Crippen molar-refractivity contribution in [2.45, 2.75) is 150 Å². The third-order valence-electron chi connectivity index (χ3n) is 7.10. The van der Waals surface area contributed by atoms with Gasteiger partial charge in [0, 0.05) is 24.1 Å². The number of ether oxygens (including phenoxy) is 1. The van der Waals surface area contributed by atoms with Crippen molar-refractivity contribution in [1.29, 1.82) is 0 Å². The Labute approximate surface area is 227 Å². The maximum atomic E-state index is 12.9. The average Bonchev–Trinajstić information content (AvgIpc) is 2.84. The summed E-state index contributed by atoms with van der Waals surface area (Å²) in [5, 5.41) is 6.26. The van der Waals surface area contributed by atoms with Crippen LogP contribution in [0.15, 0.2) is 6.07 Å². The van der Waals surface area contributed by atoms with Gasteiger partial charge in [-0.2, -0.15) is 0 Å². The van der Waals surface area contributed by atoms with Gasteiger partial charge in [-0.15, -0.1) is 0 Å². The third-order valence-corrected chi connectivity index (χ3v) is 7.10. The van der Waals surface area contributed by atoms with Crippen molar-refractivity contribution in [3.8, 4) is 5.75 Å². The zero-order valence-corrected chi connectivity index (χ0v) is 25.1. The van der Waals surface area contributed by atoms with E-state index in [2.05, 4.69) is 45.3 Å². The highest BCUT2D eigenvalue weighted by Gasteiger charge is 2.26. The van der Waals surface area contributed by atoms with E-state index in [0.717, 1.165) is 42.5 Å². The van der Waals surface area contributed by atoms with Gasteiger partial charge in [0.15, 0.2) is 0 Å². The van der Waals surface area contributed by atoms with Crippen LogP contribution in [0.1, 0.15) is 148 Å². The first-order valence-corrected chi connectivity index (χ1v) is 15.0. The zero-order chi connectivity index (χ0) is 27.7. The Kier molecular flexibility index (Phi) is 16.3. The van der Waals surface area contributed by atoms with E-state index in [1.165, 1.54) is 64.2 Å². The molecular weight excluding hydrogens is 460 g/mol. The molecule has 2 N–H and O–H groups in total. The van der Waals surface area contributed by atoms with Gasteiger partial charge in [-0.1, -0.05) is 112 Å². The predicted octanol–water partition coefficient (Wildman–Crippen LogP) is 9.46. The molecule has 0 fully saturated rings. The molecule has 0 unspecified atom stereocenters. The normalized spacial score (nSPS) is 11.4. The fourth-order valence-electron chi connectivity index (χ4n) is 4.71. The minimum atomic E-state index is -0.213. The van der Waals surface area contributed by atoms with E-state index in [9.17, 15) is 9.59 Å². The first-order valence-electron chi connectivity index (χ1n) is 15.0. The van der Waals surface area contributed by atoms with Gasteiger partial charge >= 0.3 is 0 Å². The molecule has 5 nitrogen and oxygen atoms in total. The molecule has 212 valence electrons. The van der Waals surface area contributed by atoms with Crippen molar-refractivity contribution < 1.29 is 14.3 Å². The smallest absolute Gasteiger partial charge is 0.224 e. The Balaban J connectivity index is 2.86. The predicted molar refractivity (Wildman–Crippen MR) is 159 cm³/mol. The second kappa shape index (κ2) is 18.3. The molecule has 0 aliphatic carbocycles. The van der Waals surface area contributed by atoms with Crippen LogP contribution in [0.2, 0.25) is 0 Å². The summed E-state index contributed by atoms with van der Waals surface area (Å²) in [5.41, 5.74) is 3.03. The Morgan fingerprint density at radius 2 is 1.16 bits per heavy atom. The number of benzene rings is 1. The Morgan fingerprint density at radius 3 is 1.59 bits per heavy atom. The molecule has 0 saturated carbocycles. The number of hydrogen-bond acceptors (Lipinski definition) is 3. The van der Waals surface area contributed by atoms with Crippen LogP contribution in [-0.4, -0.2) is 18.9 Å². The summed E-state index contributed by atoms with van der Waals surface area (Å²) in [7, 11) is 1.65. The molecular formula is C32H56N2O3. The molecule has 0 spiro atoms. The fraction of sp³-hybridized carbons (Fsp3) is 0.750. The van der Waals surface area contributed by atoms with Crippen molar-refractivity contribution in [3.05, 3.63) is 17.2 Å². The van der Waals surface area contributed by atoms with Crippen LogP contribution >= 0.6 is 0 Å². The molecule has 0 saturated heterocycles. The monoisotopic (exact) mass is 516 g/mol. The lowest BCUT2D eigenvalue weighted by atomic mass is 9.84. The Hall–Kier alpha value is -2.04. The molecule has 0 aliphatic rings. The number of unbranched alkanes of at least 4 members (excludes halogenated alkanes) is 12. The van der Waals surface area contributed by atoms with Crippen LogP contribution in [0.3, 0.4) is 0 Å². The summed E-state index contributed by atoms with van der Waals surface area (Å²) < 4.78 is 5.82. The van der Waals surface area contributed by atoms with Gasteiger partial charge in [-0.25, -0.2) is 0 Å². The standard InChI is InChI=1S/C32H56N2O3/c1-8-10-12-14-16-18-20-22-28(35)33-27-24-26(32(4,5)6)31(37-7)30(25(27)3)34-29(36)23-21-19-17-15-13-11-9-2/h24H,8-23H2,1-7H3,(H,33,35)(H,34,36). The summed E-state index contributed by atoms with van der Waals surface area (Å²) >= 11 is 0. The molecule has 37 heavy (non-hydrogen) atoms. The largest absolute Gasteiger partial charge is 0.494 e. The number of rotatable bonds is 19. The lowest BCUT2D eigenvalue weighted by Gasteiger charge is -2.27. The molecule has 2 amide bonds. The highest BCUT2D eigenvalue weighted by atomic mass is 16.5. The van der Waals surface area contributed by atoms with Gasteiger partial charge in [-0.05, 0) is 36.8 Å².